The van der Waals surface area contributed by atoms with Crippen molar-refractivity contribution in [2.75, 3.05) is 19.0 Å². The highest BCUT2D eigenvalue weighted by molar-refractivity contribution is 5.93. The third-order valence-electron chi connectivity index (χ3n) is 2.94. The fraction of sp³-hybridized carbons (Fsp3) is 0.357. The summed E-state index contributed by atoms with van der Waals surface area (Å²) in [5, 5.41) is 5.54. The van der Waals surface area contributed by atoms with Crippen molar-refractivity contribution in [3.05, 3.63) is 30.5 Å². The number of hydrogen-bond acceptors (Lipinski definition) is 4. The molecule has 0 atom stereocenters. The molecule has 2 rings (SSSR count). The number of methoxy groups -OCH3 is 1. The van der Waals surface area contributed by atoms with Crippen LogP contribution in [0.15, 0.2) is 30.5 Å². The maximum atomic E-state index is 5.74. The van der Waals surface area contributed by atoms with Crippen LogP contribution in [0.2, 0.25) is 0 Å². The molecule has 0 saturated heterocycles. The molecular weight excluding hydrogens is 226 g/mol. The Balaban J connectivity index is 2.49. The number of nitrogens with zero attached hydrogens (tertiary/aromatic N) is 1. The zero-order valence-electron chi connectivity index (χ0n) is 11.0. The molecule has 0 unspecified atom stereocenters. The van der Waals surface area contributed by atoms with Crippen LogP contribution in [-0.2, 0) is 0 Å². The first-order chi connectivity index (χ1) is 8.55. The average Bonchev–Trinajstić information content (AvgIpc) is 2.38. The lowest BCUT2D eigenvalue weighted by Crippen LogP contribution is -2.39. The second-order valence-electron chi connectivity index (χ2n) is 4.96. The van der Waals surface area contributed by atoms with Gasteiger partial charge in [0.25, 0.3) is 0 Å². The van der Waals surface area contributed by atoms with Gasteiger partial charge in [0.1, 0.15) is 11.6 Å². The number of benzene rings is 1. The van der Waals surface area contributed by atoms with Crippen molar-refractivity contribution in [1.29, 1.82) is 0 Å². The first-order valence-electron chi connectivity index (χ1n) is 5.97. The Bertz CT molecular complexity index is 552. The molecule has 18 heavy (non-hydrogen) atoms. The molecule has 0 fully saturated rings. The molecule has 3 N–H and O–H groups in total. The van der Waals surface area contributed by atoms with Gasteiger partial charge in [0.2, 0.25) is 0 Å². The molecule has 2 aromatic rings. The first-order valence-corrected chi connectivity index (χ1v) is 5.97. The average molecular weight is 245 g/mol. The standard InChI is InChI=1S/C14H19N3O/c1-14(2,9-15)17-13-12-8-11(18-3)5-4-10(12)6-7-16-13/h4-8H,9,15H2,1-3H3,(H,16,17). The van der Waals surface area contributed by atoms with E-state index in [2.05, 4.69) is 10.3 Å². The minimum absolute atomic E-state index is 0.190. The van der Waals surface area contributed by atoms with Crippen LogP contribution in [0.1, 0.15) is 13.8 Å². The Morgan fingerprint density at radius 2 is 2.11 bits per heavy atom. The van der Waals surface area contributed by atoms with Crippen molar-refractivity contribution in [2.45, 2.75) is 19.4 Å². The van der Waals surface area contributed by atoms with Crippen molar-refractivity contribution >= 4 is 16.6 Å². The first kappa shape index (κ1) is 12.6. The van der Waals surface area contributed by atoms with Gasteiger partial charge in [-0.3, -0.25) is 0 Å². The largest absolute Gasteiger partial charge is 0.497 e. The number of pyridine rings is 1. The molecule has 4 nitrogen and oxygen atoms in total. The summed E-state index contributed by atoms with van der Waals surface area (Å²) in [7, 11) is 1.66. The van der Waals surface area contributed by atoms with Gasteiger partial charge in [-0.25, -0.2) is 4.98 Å². The van der Waals surface area contributed by atoms with Gasteiger partial charge in [0.05, 0.1) is 7.11 Å². The van der Waals surface area contributed by atoms with Gasteiger partial charge in [0.15, 0.2) is 0 Å². The molecule has 0 aliphatic carbocycles. The van der Waals surface area contributed by atoms with Gasteiger partial charge in [-0.05, 0) is 37.4 Å². The molecule has 0 aliphatic rings. The van der Waals surface area contributed by atoms with Crippen LogP contribution >= 0.6 is 0 Å². The monoisotopic (exact) mass is 245 g/mol. The zero-order valence-corrected chi connectivity index (χ0v) is 11.0. The maximum absolute atomic E-state index is 5.74. The summed E-state index contributed by atoms with van der Waals surface area (Å²) in [6.45, 7) is 4.64. The number of hydrogen-bond donors (Lipinski definition) is 2. The van der Waals surface area contributed by atoms with Crippen LogP contribution < -0.4 is 15.8 Å². The highest BCUT2D eigenvalue weighted by Gasteiger charge is 2.16. The quantitative estimate of drug-likeness (QED) is 0.868. The van der Waals surface area contributed by atoms with E-state index in [4.69, 9.17) is 10.5 Å². The summed E-state index contributed by atoms with van der Waals surface area (Å²) in [6.07, 6.45) is 1.80. The Hall–Kier alpha value is -1.81. The smallest absolute Gasteiger partial charge is 0.134 e. The van der Waals surface area contributed by atoms with Crippen LogP contribution in [-0.4, -0.2) is 24.2 Å². The minimum Gasteiger partial charge on any atom is -0.497 e. The van der Waals surface area contributed by atoms with Gasteiger partial charge in [0, 0.05) is 23.7 Å². The predicted octanol–water partition coefficient (Wildman–Crippen LogP) is 2.39. The summed E-state index contributed by atoms with van der Waals surface area (Å²) < 4.78 is 5.25. The summed E-state index contributed by atoms with van der Waals surface area (Å²) in [5.74, 6) is 1.66. The minimum atomic E-state index is -0.190. The molecule has 0 amide bonds. The van der Waals surface area contributed by atoms with Crippen molar-refractivity contribution in [3.63, 3.8) is 0 Å². The Kier molecular flexibility index (Phi) is 3.39. The summed E-state index contributed by atoms with van der Waals surface area (Å²) >= 11 is 0. The van der Waals surface area contributed by atoms with Crippen molar-refractivity contribution in [3.8, 4) is 5.75 Å². The molecule has 0 saturated carbocycles. The van der Waals surface area contributed by atoms with Gasteiger partial charge in [-0.1, -0.05) is 6.07 Å². The fourth-order valence-corrected chi connectivity index (χ4v) is 1.75. The summed E-state index contributed by atoms with van der Waals surface area (Å²) in [5.41, 5.74) is 5.55. The van der Waals surface area contributed by atoms with Gasteiger partial charge < -0.3 is 15.8 Å². The topological polar surface area (TPSA) is 60.2 Å². The lowest BCUT2D eigenvalue weighted by molar-refractivity contribution is 0.415. The number of rotatable bonds is 4. The molecule has 1 heterocycles. The van der Waals surface area contributed by atoms with Crippen LogP contribution in [0.25, 0.3) is 10.8 Å². The third-order valence-corrected chi connectivity index (χ3v) is 2.94. The van der Waals surface area contributed by atoms with Gasteiger partial charge >= 0.3 is 0 Å². The van der Waals surface area contributed by atoms with Crippen molar-refractivity contribution in [2.24, 2.45) is 5.73 Å². The normalized spacial score (nSPS) is 11.6. The van der Waals surface area contributed by atoms with E-state index in [0.717, 1.165) is 22.3 Å². The van der Waals surface area contributed by atoms with Crippen molar-refractivity contribution < 1.29 is 4.74 Å². The molecule has 0 bridgehead atoms. The molecule has 0 spiro atoms. The van der Waals surface area contributed by atoms with E-state index in [1.54, 1.807) is 13.3 Å². The molecule has 0 radical (unpaired) electrons. The summed E-state index contributed by atoms with van der Waals surface area (Å²) in [4.78, 5) is 4.39. The Morgan fingerprint density at radius 1 is 1.33 bits per heavy atom. The molecule has 96 valence electrons. The van der Waals surface area contributed by atoms with E-state index in [1.165, 1.54) is 0 Å². The highest BCUT2D eigenvalue weighted by atomic mass is 16.5. The number of aromatic nitrogens is 1. The van der Waals surface area contributed by atoms with E-state index in [0.29, 0.717) is 6.54 Å². The third kappa shape index (κ3) is 2.54. The number of anilines is 1. The van der Waals surface area contributed by atoms with Crippen LogP contribution in [0.3, 0.4) is 0 Å². The number of nitrogens with one attached hydrogen (secondary N) is 1. The van der Waals surface area contributed by atoms with Gasteiger partial charge in [-0.2, -0.15) is 0 Å². The second-order valence-corrected chi connectivity index (χ2v) is 4.96. The molecule has 1 aromatic carbocycles. The molecule has 4 heteroatoms. The van der Waals surface area contributed by atoms with Crippen LogP contribution in [0.4, 0.5) is 5.82 Å². The fourth-order valence-electron chi connectivity index (χ4n) is 1.75. The lowest BCUT2D eigenvalue weighted by atomic mass is 10.1. The highest BCUT2D eigenvalue weighted by Crippen LogP contribution is 2.27. The van der Waals surface area contributed by atoms with Crippen molar-refractivity contribution in [1.82, 2.24) is 4.98 Å². The van der Waals surface area contributed by atoms with Gasteiger partial charge in [-0.15, -0.1) is 0 Å². The van der Waals surface area contributed by atoms with E-state index in [9.17, 15) is 0 Å². The SMILES string of the molecule is COc1ccc2ccnc(NC(C)(C)CN)c2c1. The van der Waals surface area contributed by atoms with E-state index in [-0.39, 0.29) is 5.54 Å². The number of nitrogens with two attached hydrogens (primary N) is 1. The second kappa shape index (κ2) is 4.82. The maximum Gasteiger partial charge on any atom is 0.134 e. The predicted molar refractivity (Wildman–Crippen MR) is 75.1 cm³/mol. The Morgan fingerprint density at radius 3 is 2.78 bits per heavy atom. The molecular formula is C14H19N3O. The Labute approximate surface area is 107 Å². The summed E-state index contributed by atoms with van der Waals surface area (Å²) in [6, 6.07) is 7.93. The molecule has 1 aromatic heterocycles. The van der Waals surface area contributed by atoms with Crippen LogP contribution in [0.5, 0.6) is 5.75 Å². The number of ether oxygens (including phenoxy) is 1. The van der Waals surface area contributed by atoms with Crippen LogP contribution in [0, 0.1) is 0 Å². The molecule has 0 aliphatic heterocycles. The van der Waals surface area contributed by atoms with E-state index >= 15 is 0 Å². The van der Waals surface area contributed by atoms with E-state index in [1.807, 2.05) is 38.1 Å². The lowest BCUT2D eigenvalue weighted by Gasteiger charge is -2.25. The zero-order chi connectivity index (χ0) is 13.2. The van der Waals surface area contributed by atoms with E-state index < -0.39 is 0 Å². The number of fused-ring (bicyclic) bond motifs is 1.